The minimum atomic E-state index is -0.0153. The first-order valence-corrected chi connectivity index (χ1v) is 10.6. The van der Waals surface area contributed by atoms with E-state index in [1.165, 1.54) is 0 Å². The normalized spacial score (nSPS) is 17.4. The monoisotopic (exact) mass is 420 g/mol. The van der Waals surface area contributed by atoms with Crippen molar-refractivity contribution in [1.82, 2.24) is 20.0 Å². The maximum absolute atomic E-state index is 12.5. The number of pyridine rings is 1. The van der Waals surface area contributed by atoms with Gasteiger partial charge in [-0.05, 0) is 56.2 Å². The summed E-state index contributed by atoms with van der Waals surface area (Å²) in [7, 11) is 0. The van der Waals surface area contributed by atoms with E-state index in [-0.39, 0.29) is 17.9 Å². The van der Waals surface area contributed by atoms with E-state index in [0.717, 1.165) is 43.1 Å². The molecular weight excluding hydrogens is 396 g/mol. The standard InChI is InChI=1S/C23H24N4O4/c1-15-2-3-18(12-24-15)23(28)27-13-20(14-27)30-19-6-4-16(5-7-19)21-25-22(31-26-21)17-8-10-29-11-9-17/h2-7,12,17,20H,8-11,13-14H2,1H3. The zero-order chi connectivity index (χ0) is 21.2. The molecule has 0 spiro atoms. The fourth-order valence-corrected chi connectivity index (χ4v) is 3.79. The molecule has 2 aromatic heterocycles. The smallest absolute Gasteiger partial charge is 0.255 e. The molecule has 0 aliphatic carbocycles. The quantitative estimate of drug-likeness (QED) is 0.626. The van der Waals surface area contributed by atoms with Gasteiger partial charge in [0.25, 0.3) is 5.91 Å². The molecule has 8 nitrogen and oxygen atoms in total. The molecule has 2 aliphatic heterocycles. The molecule has 4 heterocycles. The number of carbonyl (C=O) groups excluding carboxylic acids is 1. The Bertz CT molecular complexity index is 1040. The number of benzene rings is 1. The van der Waals surface area contributed by atoms with Crippen LogP contribution in [0.2, 0.25) is 0 Å². The van der Waals surface area contributed by atoms with Crippen molar-refractivity contribution in [3.05, 3.63) is 59.7 Å². The Balaban J connectivity index is 1.15. The maximum Gasteiger partial charge on any atom is 0.255 e. The van der Waals surface area contributed by atoms with Gasteiger partial charge < -0.3 is 18.9 Å². The van der Waals surface area contributed by atoms with Crippen LogP contribution in [0.4, 0.5) is 0 Å². The number of carbonyl (C=O) groups is 1. The summed E-state index contributed by atoms with van der Waals surface area (Å²) in [4.78, 5) is 23.0. The van der Waals surface area contributed by atoms with Crippen LogP contribution in [-0.4, -0.2) is 58.3 Å². The molecule has 0 unspecified atom stereocenters. The third-order valence-corrected chi connectivity index (χ3v) is 5.72. The van der Waals surface area contributed by atoms with Crippen molar-refractivity contribution in [2.75, 3.05) is 26.3 Å². The third-order valence-electron chi connectivity index (χ3n) is 5.72. The van der Waals surface area contributed by atoms with Crippen molar-refractivity contribution < 1.29 is 18.8 Å². The van der Waals surface area contributed by atoms with Crippen LogP contribution in [0.3, 0.4) is 0 Å². The van der Waals surface area contributed by atoms with Gasteiger partial charge in [0, 0.05) is 36.6 Å². The lowest BCUT2D eigenvalue weighted by Gasteiger charge is -2.39. The first kappa shape index (κ1) is 19.7. The lowest BCUT2D eigenvalue weighted by Crippen LogP contribution is -2.56. The van der Waals surface area contributed by atoms with Crippen molar-refractivity contribution in [2.45, 2.75) is 31.8 Å². The van der Waals surface area contributed by atoms with E-state index in [0.29, 0.717) is 30.4 Å². The molecule has 1 amide bonds. The molecule has 2 fully saturated rings. The van der Waals surface area contributed by atoms with E-state index in [4.69, 9.17) is 14.0 Å². The van der Waals surface area contributed by atoms with Gasteiger partial charge in [-0.3, -0.25) is 9.78 Å². The van der Waals surface area contributed by atoms with E-state index < -0.39 is 0 Å². The van der Waals surface area contributed by atoms with Gasteiger partial charge in [-0.25, -0.2) is 0 Å². The van der Waals surface area contributed by atoms with Gasteiger partial charge >= 0.3 is 0 Å². The molecule has 1 aromatic carbocycles. The highest BCUT2D eigenvalue weighted by atomic mass is 16.5. The predicted molar refractivity (Wildman–Crippen MR) is 112 cm³/mol. The molecule has 2 saturated heterocycles. The van der Waals surface area contributed by atoms with E-state index in [2.05, 4.69) is 15.1 Å². The van der Waals surface area contributed by atoms with Crippen LogP contribution in [0.15, 0.2) is 47.1 Å². The SMILES string of the molecule is Cc1ccc(C(=O)N2CC(Oc3ccc(-c4noc(C5CCOCC5)n4)cc3)C2)cn1. The minimum Gasteiger partial charge on any atom is -0.487 e. The molecule has 160 valence electrons. The van der Waals surface area contributed by atoms with Crippen molar-refractivity contribution in [2.24, 2.45) is 0 Å². The summed E-state index contributed by atoms with van der Waals surface area (Å²) >= 11 is 0. The Morgan fingerprint density at radius 2 is 1.87 bits per heavy atom. The molecular formula is C23H24N4O4. The van der Waals surface area contributed by atoms with Crippen LogP contribution in [-0.2, 0) is 4.74 Å². The number of rotatable bonds is 5. The molecule has 0 bridgehead atoms. The number of amides is 1. The van der Waals surface area contributed by atoms with Crippen LogP contribution < -0.4 is 4.74 Å². The number of aryl methyl sites for hydroxylation is 1. The van der Waals surface area contributed by atoms with Crippen LogP contribution in [0.25, 0.3) is 11.4 Å². The predicted octanol–water partition coefficient (Wildman–Crippen LogP) is 3.24. The summed E-state index contributed by atoms with van der Waals surface area (Å²) in [6.45, 7) is 4.50. The Morgan fingerprint density at radius 3 is 2.58 bits per heavy atom. The van der Waals surface area contributed by atoms with E-state index in [9.17, 15) is 4.79 Å². The Labute approximate surface area is 180 Å². The second kappa shape index (κ2) is 8.47. The summed E-state index contributed by atoms with van der Waals surface area (Å²) < 4.78 is 16.8. The number of hydrogen-bond donors (Lipinski definition) is 0. The second-order valence-electron chi connectivity index (χ2n) is 8.01. The lowest BCUT2D eigenvalue weighted by atomic mass is 10.0. The van der Waals surface area contributed by atoms with Gasteiger partial charge in [0.1, 0.15) is 11.9 Å². The summed E-state index contributed by atoms with van der Waals surface area (Å²) in [6, 6.07) is 11.3. The second-order valence-corrected chi connectivity index (χ2v) is 8.01. The highest BCUT2D eigenvalue weighted by molar-refractivity contribution is 5.94. The zero-order valence-corrected chi connectivity index (χ0v) is 17.4. The van der Waals surface area contributed by atoms with Gasteiger partial charge in [-0.15, -0.1) is 0 Å². The Kier molecular flexibility index (Phi) is 5.38. The van der Waals surface area contributed by atoms with Crippen molar-refractivity contribution in [1.29, 1.82) is 0 Å². The van der Waals surface area contributed by atoms with Gasteiger partial charge in [-0.2, -0.15) is 4.98 Å². The highest BCUT2D eigenvalue weighted by Gasteiger charge is 2.33. The van der Waals surface area contributed by atoms with Gasteiger partial charge in [-0.1, -0.05) is 5.16 Å². The number of nitrogens with zero attached hydrogens (tertiary/aromatic N) is 4. The summed E-state index contributed by atoms with van der Waals surface area (Å²) in [5.74, 6) is 2.28. The van der Waals surface area contributed by atoms with E-state index in [1.807, 2.05) is 43.3 Å². The van der Waals surface area contributed by atoms with Crippen molar-refractivity contribution >= 4 is 5.91 Å². The molecule has 0 radical (unpaired) electrons. The van der Waals surface area contributed by atoms with Crippen LogP contribution >= 0.6 is 0 Å². The molecule has 5 rings (SSSR count). The topological polar surface area (TPSA) is 90.6 Å². The molecule has 31 heavy (non-hydrogen) atoms. The average molecular weight is 420 g/mol. The number of hydrogen-bond acceptors (Lipinski definition) is 7. The summed E-state index contributed by atoms with van der Waals surface area (Å²) in [6.07, 6.45) is 3.43. The average Bonchev–Trinajstić information content (AvgIpc) is 3.27. The Morgan fingerprint density at radius 1 is 1.10 bits per heavy atom. The van der Waals surface area contributed by atoms with Gasteiger partial charge in [0.15, 0.2) is 0 Å². The van der Waals surface area contributed by atoms with Gasteiger partial charge in [0.05, 0.1) is 18.7 Å². The fourth-order valence-electron chi connectivity index (χ4n) is 3.79. The molecule has 0 atom stereocenters. The largest absolute Gasteiger partial charge is 0.487 e. The zero-order valence-electron chi connectivity index (χ0n) is 17.4. The lowest BCUT2D eigenvalue weighted by molar-refractivity contribution is 0.0177. The summed E-state index contributed by atoms with van der Waals surface area (Å²) in [5, 5.41) is 4.13. The van der Waals surface area contributed by atoms with Crippen LogP contribution in [0.1, 0.15) is 40.7 Å². The summed E-state index contributed by atoms with van der Waals surface area (Å²) in [5.41, 5.74) is 2.38. The first-order chi connectivity index (χ1) is 15.2. The molecule has 8 heteroatoms. The van der Waals surface area contributed by atoms with Crippen molar-refractivity contribution in [3.8, 4) is 17.1 Å². The molecule has 3 aromatic rings. The minimum absolute atomic E-state index is 0.0138. The molecule has 0 N–H and O–H groups in total. The number of likely N-dealkylation sites (tertiary alicyclic amines) is 1. The third kappa shape index (κ3) is 4.29. The Hall–Kier alpha value is -3.26. The van der Waals surface area contributed by atoms with Gasteiger partial charge in [0.2, 0.25) is 11.7 Å². The van der Waals surface area contributed by atoms with E-state index in [1.54, 1.807) is 11.1 Å². The van der Waals surface area contributed by atoms with Crippen LogP contribution in [0.5, 0.6) is 5.75 Å². The fraction of sp³-hybridized carbons (Fsp3) is 0.391. The maximum atomic E-state index is 12.5. The molecule has 2 aliphatic rings. The highest BCUT2D eigenvalue weighted by Crippen LogP contribution is 2.28. The number of aromatic nitrogens is 3. The van der Waals surface area contributed by atoms with E-state index >= 15 is 0 Å². The first-order valence-electron chi connectivity index (χ1n) is 10.6. The number of ether oxygens (including phenoxy) is 2. The van der Waals surface area contributed by atoms with Crippen molar-refractivity contribution in [3.63, 3.8) is 0 Å². The molecule has 0 saturated carbocycles. The van der Waals surface area contributed by atoms with Crippen LogP contribution in [0, 0.1) is 6.92 Å².